The Kier molecular flexibility index (Phi) is 3.96. The highest BCUT2D eigenvalue weighted by Crippen LogP contribution is 2.21. The van der Waals surface area contributed by atoms with E-state index in [9.17, 15) is 4.79 Å². The van der Waals surface area contributed by atoms with Gasteiger partial charge in [-0.3, -0.25) is 4.79 Å². The van der Waals surface area contributed by atoms with Crippen molar-refractivity contribution < 1.29 is 4.79 Å². The van der Waals surface area contributed by atoms with Gasteiger partial charge in [0.1, 0.15) is 4.83 Å². The molecule has 1 N–H and O–H groups in total. The number of hydrogen-bond acceptors (Lipinski definition) is 1. The molecule has 0 unspecified atom stereocenters. The second-order valence-corrected chi connectivity index (χ2v) is 3.58. The minimum absolute atomic E-state index is 0.00806. The number of likely N-dealkylation sites (N-methyl/N-ethyl adjacent to an activating group) is 1. The fourth-order valence-electron chi connectivity index (χ4n) is 1.04. The monoisotopic (exact) mass is 241 g/mol. The lowest BCUT2D eigenvalue weighted by Gasteiger charge is -2.09. The molecule has 0 bridgehead atoms. The molecule has 0 spiro atoms. The number of halogens is 1. The number of nitrogens with one attached hydrogen (secondary N) is 1. The zero-order valence-electron chi connectivity index (χ0n) is 7.46. The molecule has 0 fully saturated rings. The molecule has 70 valence electrons. The molecule has 0 aliphatic carbocycles. The molecule has 1 rings (SSSR count). The zero-order valence-corrected chi connectivity index (χ0v) is 9.04. The Labute approximate surface area is 86.5 Å². The maximum absolute atomic E-state index is 11.4. The van der Waals surface area contributed by atoms with E-state index >= 15 is 0 Å². The molecule has 13 heavy (non-hydrogen) atoms. The van der Waals surface area contributed by atoms with Crippen molar-refractivity contribution in [2.75, 3.05) is 6.54 Å². The molecule has 1 aromatic carbocycles. The predicted octanol–water partition coefficient (Wildman–Crippen LogP) is 2.26. The van der Waals surface area contributed by atoms with Crippen LogP contribution in [0.5, 0.6) is 0 Å². The molecule has 0 aliphatic heterocycles. The molecular weight excluding hydrogens is 230 g/mol. The van der Waals surface area contributed by atoms with Gasteiger partial charge in [-0.05, 0) is 12.5 Å². The van der Waals surface area contributed by atoms with Crippen molar-refractivity contribution in [3.8, 4) is 0 Å². The van der Waals surface area contributed by atoms with Gasteiger partial charge in [0.2, 0.25) is 5.91 Å². The zero-order chi connectivity index (χ0) is 9.68. The molecule has 0 aromatic heterocycles. The SMILES string of the molecule is CCNC(=O)[C@H](Br)c1ccccc1. The van der Waals surface area contributed by atoms with Crippen molar-refractivity contribution in [1.29, 1.82) is 0 Å². The summed E-state index contributed by atoms with van der Waals surface area (Å²) in [6.07, 6.45) is 0. The van der Waals surface area contributed by atoms with Gasteiger partial charge < -0.3 is 5.32 Å². The predicted molar refractivity (Wildman–Crippen MR) is 56.8 cm³/mol. The van der Waals surface area contributed by atoms with Crippen molar-refractivity contribution in [3.05, 3.63) is 35.9 Å². The normalized spacial score (nSPS) is 12.2. The largest absolute Gasteiger partial charge is 0.355 e. The number of carbonyl (C=O) groups is 1. The van der Waals surface area contributed by atoms with Crippen LogP contribution < -0.4 is 5.32 Å². The van der Waals surface area contributed by atoms with Crippen molar-refractivity contribution in [1.82, 2.24) is 5.32 Å². The first kappa shape index (κ1) is 10.3. The van der Waals surface area contributed by atoms with Gasteiger partial charge in [0.25, 0.3) is 0 Å². The number of rotatable bonds is 3. The van der Waals surface area contributed by atoms with Crippen LogP contribution in [0.2, 0.25) is 0 Å². The van der Waals surface area contributed by atoms with E-state index in [1.807, 2.05) is 37.3 Å². The summed E-state index contributed by atoms with van der Waals surface area (Å²) in [5.74, 6) is 0.00806. The van der Waals surface area contributed by atoms with Crippen molar-refractivity contribution >= 4 is 21.8 Å². The highest BCUT2D eigenvalue weighted by Gasteiger charge is 2.14. The van der Waals surface area contributed by atoms with E-state index in [4.69, 9.17) is 0 Å². The van der Waals surface area contributed by atoms with E-state index in [-0.39, 0.29) is 10.7 Å². The second-order valence-electron chi connectivity index (χ2n) is 2.67. The molecule has 0 saturated carbocycles. The quantitative estimate of drug-likeness (QED) is 0.809. The van der Waals surface area contributed by atoms with Gasteiger partial charge in [0.15, 0.2) is 0 Å². The van der Waals surface area contributed by atoms with Gasteiger partial charge in [0, 0.05) is 6.54 Å². The first-order chi connectivity index (χ1) is 6.25. The number of benzene rings is 1. The van der Waals surface area contributed by atoms with Crippen LogP contribution in [0.4, 0.5) is 0 Å². The van der Waals surface area contributed by atoms with Gasteiger partial charge in [-0.15, -0.1) is 0 Å². The first-order valence-corrected chi connectivity index (χ1v) is 5.14. The topological polar surface area (TPSA) is 29.1 Å². The molecule has 0 heterocycles. The lowest BCUT2D eigenvalue weighted by atomic mass is 10.1. The van der Waals surface area contributed by atoms with Crippen LogP contribution in [0.25, 0.3) is 0 Å². The van der Waals surface area contributed by atoms with E-state index in [0.29, 0.717) is 6.54 Å². The minimum Gasteiger partial charge on any atom is -0.355 e. The Morgan fingerprint density at radius 2 is 2.08 bits per heavy atom. The Hall–Kier alpha value is -0.830. The lowest BCUT2D eigenvalue weighted by molar-refractivity contribution is -0.120. The summed E-state index contributed by atoms with van der Waals surface area (Å²) in [6, 6.07) is 9.62. The molecule has 1 atom stereocenters. The van der Waals surface area contributed by atoms with Crippen LogP contribution in [0.15, 0.2) is 30.3 Å². The van der Waals surface area contributed by atoms with Crippen LogP contribution in [0.1, 0.15) is 17.3 Å². The molecule has 3 heteroatoms. The molecule has 2 nitrogen and oxygen atoms in total. The molecule has 0 radical (unpaired) electrons. The highest BCUT2D eigenvalue weighted by atomic mass is 79.9. The molecule has 1 aromatic rings. The van der Waals surface area contributed by atoms with E-state index in [1.54, 1.807) is 0 Å². The smallest absolute Gasteiger partial charge is 0.238 e. The number of hydrogen-bond donors (Lipinski definition) is 1. The van der Waals surface area contributed by atoms with Crippen LogP contribution in [0, 0.1) is 0 Å². The fourth-order valence-corrected chi connectivity index (χ4v) is 1.50. The number of amides is 1. The van der Waals surface area contributed by atoms with E-state index in [2.05, 4.69) is 21.2 Å². The van der Waals surface area contributed by atoms with Crippen LogP contribution >= 0.6 is 15.9 Å². The third-order valence-electron chi connectivity index (χ3n) is 1.67. The third-order valence-corrected chi connectivity index (χ3v) is 2.62. The molecule has 1 amide bonds. The highest BCUT2D eigenvalue weighted by molar-refractivity contribution is 9.09. The minimum atomic E-state index is -0.242. The average Bonchev–Trinajstić information content (AvgIpc) is 2.18. The maximum atomic E-state index is 11.4. The summed E-state index contributed by atoms with van der Waals surface area (Å²) in [5.41, 5.74) is 0.980. The molecular formula is C10H12BrNO. The number of carbonyl (C=O) groups excluding carboxylic acids is 1. The van der Waals surface area contributed by atoms with Gasteiger partial charge in [-0.2, -0.15) is 0 Å². The lowest BCUT2D eigenvalue weighted by Crippen LogP contribution is -2.26. The molecule has 0 saturated heterocycles. The summed E-state index contributed by atoms with van der Waals surface area (Å²) in [7, 11) is 0. The summed E-state index contributed by atoms with van der Waals surface area (Å²) < 4.78 is 0. The summed E-state index contributed by atoms with van der Waals surface area (Å²) in [5, 5.41) is 2.76. The van der Waals surface area contributed by atoms with E-state index in [1.165, 1.54) is 0 Å². The second kappa shape index (κ2) is 5.02. The summed E-state index contributed by atoms with van der Waals surface area (Å²) in [4.78, 5) is 11.1. The Bertz CT molecular complexity index is 274. The van der Waals surface area contributed by atoms with Crippen molar-refractivity contribution in [3.63, 3.8) is 0 Å². The Morgan fingerprint density at radius 1 is 1.46 bits per heavy atom. The van der Waals surface area contributed by atoms with Crippen molar-refractivity contribution in [2.45, 2.75) is 11.8 Å². The third kappa shape index (κ3) is 2.84. The van der Waals surface area contributed by atoms with E-state index < -0.39 is 0 Å². The Balaban J connectivity index is 2.68. The molecule has 0 aliphatic rings. The number of alkyl halides is 1. The standard InChI is InChI=1S/C10H12BrNO/c1-2-12-10(13)9(11)8-6-4-3-5-7-8/h3-7,9H,2H2,1H3,(H,12,13)/t9-/m1/s1. The van der Waals surface area contributed by atoms with Gasteiger partial charge in [-0.1, -0.05) is 46.3 Å². The Morgan fingerprint density at radius 3 is 2.62 bits per heavy atom. The van der Waals surface area contributed by atoms with Crippen LogP contribution in [0.3, 0.4) is 0 Å². The van der Waals surface area contributed by atoms with Gasteiger partial charge in [-0.25, -0.2) is 0 Å². The van der Waals surface area contributed by atoms with Crippen LogP contribution in [-0.2, 0) is 4.79 Å². The van der Waals surface area contributed by atoms with Gasteiger partial charge in [0.05, 0.1) is 0 Å². The van der Waals surface area contributed by atoms with E-state index in [0.717, 1.165) is 5.56 Å². The average molecular weight is 242 g/mol. The summed E-state index contributed by atoms with van der Waals surface area (Å²) >= 11 is 3.34. The van der Waals surface area contributed by atoms with Crippen LogP contribution in [-0.4, -0.2) is 12.5 Å². The maximum Gasteiger partial charge on any atom is 0.238 e. The first-order valence-electron chi connectivity index (χ1n) is 4.22. The van der Waals surface area contributed by atoms with Crippen molar-refractivity contribution in [2.24, 2.45) is 0 Å². The summed E-state index contributed by atoms with van der Waals surface area (Å²) in [6.45, 7) is 2.57. The van der Waals surface area contributed by atoms with Gasteiger partial charge >= 0.3 is 0 Å². The fraction of sp³-hybridized carbons (Fsp3) is 0.300.